The second-order valence-electron chi connectivity index (χ2n) is 4.13. The monoisotopic (exact) mass is 257 g/mol. The number of anilines is 1. The summed E-state index contributed by atoms with van der Waals surface area (Å²) in [5.41, 5.74) is 1.45. The van der Waals surface area contributed by atoms with E-state index >= 15 is 0 Å². The van der Waals surface area contributed by atoms with Crippen molar-refractivity contribution in [3.05, 3.63) is 54.1 Å². The minimum absolute atomic E-state index is 0.124. The summed E-state index contributed by atoms with van der Waals surface area (Å²) in [5.74, 6) is 0.709. The van der Waals surface area contributed by atoms with Gasteiger partial charge in [-0.25, -0.2) is 0 Å². The Kier molecular flexibility index (Phi) is 4.03. The molecule has 0 bridgehead atoms. The SMILES string of the molecule is COc1cccc(CC(=O)Nc2cccc(O)c2)c1. The molecule has 0 aliphatic carbocycles. The van der Waals surface area contributed by atoms with Gasteiger partial charge < -0.3 is 15.2 Å². The van der Waals surface area contributed by atoms with Crippen molar-refractivity contribution in [2.75, 3.05) is 12.4 Å². The summed E-state index contributed by atoms with van der Waals surface area (Å²) >= 11 is 0. The Morgan fingerprint density at radius 3 is 2.74 bits per heavy atom. The standard InChI is InChI=1S/C15H15NO3/c1-19-14-7-2-4-11(8-14)9-15(18)16-12-5-3-6-13(17)10-12/h2-8,10,17H,9H2,1H3,(H,16,18). The average molecular weight is 257 g/mol. The van der Waals surface area contributed by atoms with Crippen molar-refractivity contribution in [2.45, 2.75) is 6.42 Å². The quantitative estimate of drug-likeness (QED) is 0.885. The van der Waals surface area contributed by atoms with Gasteiger partial charge in [0.15, 0.2) is 0 Å². The summed E-state index contributed by atoms with van der Waals surface area (Å²) in [4.78, 5) is 11.9. The Balaban J connectivity index is 2.01. The summed E-state index contributed by atoms with van der Waals surface area (Å²) < 4.78 is 5.11. The fraction of sp³-hybridized carbons (Fsp3) is 0.133. The zero-order valence-corrected chi connectivity index (χ0v) is 10.6. The number of nitrogens with one attached hydrogen (secondary N) is 1. The van der Waals surface area contributed by atoms with Crippen LogP contribution in [0.2, 0.25) is 0 Å². The van der Waals surface area contributed by atoms with Gasteiger partial charge in [0.05, 0.1) is 13.5 Å². The highest BCUT2D eigenvalue weighted by Crippen LogP contribution is 2.17. The first-order valence-electron chi connectivity index (χ1n) is 5.89. The van der Waals surface area contributed by atoms with E-state index in [1.165, 1.54) is 6.07 Å². The molecule has 0 saturated carbocycles. The molecule has 0 atom stereocenters. The average Bonchev–Trinajstić information content (AvgIpc) is 2.38. The van der Waals surface area contributed by atoms with Crippen LogP contribution >= 0.6 is 0 Å². The molecule has 0 spiro atoms. The number of aromatic hydroxyl groups is 1. The van der Waals surface area contributed by atoms with Crippen LogP contribution in [0.3, 0.4) is 0 Å². The first kappa shape index (κ1) is 13.0. The van der Waals surface area contributed by atoms with Crippen molar-refractivity contribution in [1.29, 1.82) is 0 Å². The van der Waals surface area contributed by atoms with E-state index in [9.17, 15) is 9.90 Å². The Morgan fingerprint density at radius 2 is 2.00 bits per heavy atom. The van der Waals surface area contributed by atoms with Crippen LogP contribution in [0.4, 0.5) is 5.69 Å². The number of carbonyl (C=O) groups excluding carboxylic acids is 1. The minimum Gasteiger partial charge on any atom is -0.508 e. The second kappa shape index (κ2) is 5.91. The van der Waals surface area contributed by atoms with Crippen LogP contribution in [-0.4, -0.2) is 18.1 Å². The van der Waals surface area contributed by atoms with E-state index in [-0.39, 0.29) is 18.1 Å². The van der Waals surface area contributed by atoms with Crippen molar-refractivity contribution in [3.8, 4) is 11.5 Å². The van der Waals surface area contributed by atoms with E-state index in [1.807, 2.05) is 24.3 Å². The lowest BCUT2D eigenvalue weighted by Crippen LogP contribution is -2.14. The van der Waals surface area contributed by atoms with Gasteiger partial charge in [0.1, 0.15) is 11.5 Å². The van der Waals surface area contributed by atoms with E-state index in [0.717, 1.165) is 11.3 Å². The summed E-state index contributed by atoms with van der Waals surface area (Å²) in [5, 5.41) is 12.0. The first-order chi connectivity index (χ1) is 9.17. The van der Waals surface area contributed by atoms with Gasteiger partial charge in [-0.15, -0.1) is 0 Å². The van der Waals surface area contributed by atoms with E-state index < -0.39 is 0 Å². The van der Waals surface area contributed by atoms with Crippen LogP contribution in [0.15, 0.2) is 48.5 Å². The molecule has 0 fully saturated rings. The molecule has 0 saturated heterocycles. The van der Waals surface area contributed by atoms with Crippen LogP contribution < -0.4 is 10.1 Å². The molecular formula is C15H15NO3. The number of ether oxygens (including phenoxy) is 1. The maximum absolute atomic E-state index is 11.9. The molecule has 2 aromatic rings. The molecule has 19 heavy (non-hydrogen) atoms. The Labute approximate surface area is 111 Å². The van der Waals surface area contributed by atoms with E-state index in [2.05, 4.69) is 5.32 Å². The zero-order chi connectivity index (χ0) is 13.7. The molecular weight excluding hydrogens is 242 g/mol. The number of hydrogen-bond acceptors (Lipinski definition) is 3. The highest BCUT2D eigenvalue weighted by Gasteiger charge is 2.05. The normalized spacial score (nSPS) is 9.95. The largest absolute Gasteiger partial charge is 0.508 e. The molecule has 0 aromatic heterocycles. The molecule has 2 N–H and O–H groups in total. The maximum Gasteiger partial charge on any atom is 0.228 e. The highest BCUT2D eigenvalue weighted by molar-refractivity contribution is 5.92. The van der Waals surface area contributed by atoms with Crippen molar-refractivity contribution >= 4 is 11.6 Å². The molecule has 0 aliphatic heterocycles. The summed E-state index contributed by atoms with van der Waals surface area (Å²) in [7, 11) is 1.59. The van der Waals surface area contributed by atoms with Gasteiger partial charge in [0, 0.05) is 11.8 Å². The van der Waals surface area contributed by atoms with Crippen LogP contribution in [0.1, 0.15) is 5.56 Å². The fourth-order valence-corrected chi connectivity index (χ4v) is 1.76. The summed E-state index contributed by atoms with van der Waals surface area (Å²) in [6, 6.07) is 13.8. The summed E-state index contributed by atoms with van der Waals surface area (Å²) in [6.45, 7) is 0. The van der Waals surface area contributed by atoms with Gasteiger partial charge >= 0.3 is 0 Å². The third kappa shape index (κ3) is 3.74. The number of benzene rings is 2. The van der Waals surface area contributed by atoms with Crippen LogP contribution in [-0.2, 0) is 11.2 Å². The highest BCUT2D eigenvalue weighted by atomic mass is 16.5. The lowest BCUT2D eigenvalue weighted by molar-refractivity contribution is -0.115. The van der Waals surface area contributed by atoms with Gasteiger partial charge in [-0.05, 0) is 29.8 Å². The van der Waals surface area contributed by atoms with E-state index in [4.69, 9.17) is 4.74 Å². The molecule has 0 unspecified atom stereocenters. The molecule has 2 rings (SSSR count). The van der Waals surface area contributed by atoms with Crippen LogP contribution in [0.5, 0.6) is 11.5 Å². The molecule has 2 aromatic carbocycles. The number of methoxy groups -OCH3 is 1. The number of amides is 1. The van der Waals surface area contributed by atoms with E-state index in [1.54, 1.807) is 25.3 Å². The maximum atomic E-state index is 11.9. The molecule has 0 heterocycles. The predicted octanol–water partition coefficient (Wildman–Crippen LogP) is 2.58. The first-order valence-corrected chi connectivity index (χ1v) is 5.89. The lowest BCUT2D eigenvalue weighted by Gasteiger charge is -2.07. The molecule has 4 heteroatoms. The van der Waals surface area contributed by atoms with Gasteiger partial charge in [-0.1, -0.05) is 18.2 Å². The Hall–Kier alpha value is -2.49. The van der Waals surface area contributed by atoms with Crippen molar-refractivity contribution in [2.24, 2.45) is 0 Å². The Morgan fingerprint density at radius 1 is 1.21 bits per heavy atom. The van der Waals surface area contributed by atoms with E-state index in [0.29, 0.717) is 5.69 Å². The van der Waals surface area contributed by atoms with Crippen LogP contribution in [0, 0.1) is 0 Å². The summed E-state index contributed by atoms with van der Waals surface area (Å²) in [6.07, 6.45) is 0.257. The minimum atomic E-state index is -0.140. The smallest absolute Gasteiger partial charge is 0.228 e. The molecule has 0 aliphatic rings. The van der Waals surface area contributed by atoms with Gasteiger partial charge in [-0.3, -0.25) is 4.79 Å². The molecule has 98 valence electrons. The molecule has 4 nitrogen and oxygen atoms in total. The number of phenols is 1. The van der Waals surface area contributed by atoms with Crippen molar-refractivity contribution in [1.82, 2.24) is 0 Å². The number of rotatable bonds is 4. The third-order valence-electron chi connectivity index (χ3n) is 2.63. The second-order valence-corrected chi connectivity index (χ2v) is 4.13. The number of phenolic OH excluding ortho intramolecular Hbond substituents is 1. The molecule has 0 radical (unpaired) electrons. The third-order valence-corrected chi connectivity index (χ3v) is 2.63. The van der Waals surface area contributed by atoms with Crippen molar-refractivity contribution in [3.63, 3.8) is 0 Å². The van der Waals surface area contributed by atoms with Gasteiger partial charge in [-0.2, -0.15) is 0 Å². The lowest BCUT2D eigenvalue weighted by atomic mass is 10.1. The van der Waals surface area contributed by atoms with Gasteiger partial charge in [0.25, 0.3) is 0 Å². The Bertz CT molecular complexity index is 581. The topological polar surface area (TPSA) is 58.6 Å². The number of carbonyl (C=O) groups is 1. The van der Waals surface area contributed by atoms with Gasteiger partial charge in [0.2, 0.25) is 5.91 Å². The van der Waals surface area contributed by atoms with Crippen molar-refractivity contribution < 1.29 is 14.6 Å². The van der Waals surface area contributed by atoms with Crippen LogP contribution in [0.25, 0.3) is 0 Å². The predicted molar refractivity (Wildman–Crippen MR) is 73.4 cm³/mol. The number of hydrogen-bond donors (Lipinski definition) is 2. The fourth-order valence-electron chi connectivity index (χ4n) is 1.76. The zero-order valence-electron chi connectivity index (χ0n) is 10.6. The molecule has 1 amide bonds.